The van der Waals surface area contributed by atoms with E-state index in [4.69, 9.17) is 4.52 Å². The summed E-state index contributed by atoms with van der Waals surface area (Å²) in [5.41, 5.74) is 1.17. The van der Waals surface area contributed by atoms with Gasteiger partial charge >= 0.3 is 0 Å². The fourth-order valence-electron chi connectivity index (χ4n) is 3.56. The number of carbonyl (C=O) groups excluding carboxylic acids is 1. The number of carbonyl (C=O) groups is 1. The van der Waals surface area contributed by atoms with Crippen LogP contribution in [0.4, 0.5) is 0 Å². The largest absolute Gasteiger partial charge is 0.342 e. The van der Waals surface area contributed by atoms with Crippen LogP contribution in [0.1, 0.15) is 48.4 Å². The Labute approximate surface area is 134 Å². The lowest BCUT2D eigenvalue weighted by atomic mass is 9.97. The van der Waals surface area contributed by atoms with Gasteiger partial charge in [0.15, 0.2) is 5.82 Å². The Morgan fingerprint density at radius 1 is 1.43 bits per heavy atom. The van der Waals surface area contributed by atoms with Gasteiger partial charge in [-0.3, -0.25) is 9.48 Å². The third-order valence-electron chi connectivity index (χ3n) is 4.89. The quantitative estimate of drug-likeness (QED) is 0.860. The van der Waals surface area contributed by atoms with Gasteiger partial charge in [0.05, 0.1) is 12.1 Å². The molecular formula is C16H21N5O2. The maximum Gasteiger partial charge on any atom is 0.231 e. The van der Waals surface area contributed by atoms with Crippen LogP contribution in [0.2, 0.25) is 0 Å². The molecule has 2 aliphatic rings. The maximum absolute atomic E-state index is 12.8. The zero-order valence-electron chi connectivity index (χ0n) is 13.5. The molecule has 0 spiro atoms. The van der Waals surface area contributed by atoms with Gasteiger partial charge in [0.25, 0.3) is 0 Å². The third-order valence-corrected chi connectivity index (χ3v) is 4.89. The highest BCUT2D eigenvalue weighted by atomic mass is 16.5. The third kappa shape index (κ3) is 2.75. The zero-order chi connectivity index (χ0) is 16.0. The molecule has 7 heteroatoms. The van der Waals surface area contributed by atoms with Gasteiger partial charge in [-0.15, -0.1) is 0 Å². The lowest BCUT2D eigenvalue weighted by Crippen LogP contribution is -2.40. The predicted octanol–water partition coefficient (Wildman–Crippen LogP) is 1.62. The van der Waals surface area contributed by atoms with E-state index in [2.05, 4.69) is 15.2 Å². The summed E-state index contributed by atoms with van der Waals surface area (Å²) in [7, 11) is 1.91. The molecule has 0 radical (unpaired) electrons. The number of likely N-dealkylation sites (tertiary alicyclic amines) is 1. The number of piperidine rings is 1. The molecule has 3 heterocycles. The van der Waals surface area contributed by atoms with Crippen molar-refractivity contribution in [2.45, 2.75) is 38.0 Å². The van der Waals surface area contributed by atoms with Crippen LogP contribution in [0.25, 0.3) is 0 Å². The Kier molecular flexibility index (Phi) is 3.43. The highest BCUT2D eigenvalue weighted by molar-refractivity contribution is 5.83. The monoisotopic (exact) mass is 315 g/mol. The number of aryl methyl sites for hydroxylation is 2. The summed E-state index contributed by atoms with van der Waals surface area (Å²) in [5.74, 6) is 2.20. The standard InChI is InChI=1S/C16H21N5O2/c1-10-18-15(23-19-10)11-4-3-5-21(9-11)16(22)14-6-13(14)12-7-17-20(2)8-12/h7-8,11,13-14H,3-6,9H2,1-2H3. The van der Waals surface area contributed by atoms with E-state index in [1.165, 1.54) is 5.56 Å². The second-order valence-electron chi connectivity index (χ2n) is 6.70. The molecule has 1 amide bonds. The minimum absolute atomic E-state index is 0.113. The van der Waals surface area contributed by atoms with E-state index >= 15 is 0 Å². The molecule has 0 bridgehead atoms. The Morgan fingerprint density at radius 3 is 3.00 bits per heavy atom. The van der Waals surface area contributed by atoms with Crippen molar-refractivity contribution in [2.24, 2.45) is 13.0 Å². The van der Waals surface area contributed by atoms with Crippen molar-refractivity contribution < 1.29 is 9.32 Å². The minimum atomic E-state index is 0.113. The summed E-state index contributed by atoms with van der Waals surface area (Å²) in [6.07, 6.45) is 6.81. The average molecular weight is 315 g/mol. The highest BCUT2D eigenvalue weighted by Crippen LogP contribution is 2.48. The van der Waals surface area contributed by atoms with Gasteiger partial charge in [-0.05, 0) is 37.7 Å². The van der Waals surface area contributed by atoms with E-state index in [1.54, 1.807) is 4.68 Å². The fourth-order valence-corrected chi connectivity index (χ4v) is 3.56. The van der Waals surface area contributed by atoms with Crippen molar-refractivity contribution in [3.63, 3.8) is 0 Å². The predicted molar refractivity (Wildman–Crippen MR) is 81.6 cm³/mol. The first-order valence-electron chi connectivity index (χ1n) is 8.19. The van der Waals surface area contributed by atoms with Crippen molar-refractivity contribution in [1.29, 1.82) is 0 Å². The summed E-state index contributed by atoms with van der Waals surface area (Å²) in [6.45, 7) is 3.34. The molecule has 1 saturated carbocycles. The lowest BCUT2D eigenvalue weighted by Gasteiger charge is -2.31. The van der Waals surface area contributed by atoms with Gasteiger partial charge < -0.3 is 9.42 Å². The number of amides is 1. The molecule has 2 aromatic heterocycles. The highest BCUT2D eigenvalue weighted by Gasteiger charge is 2.47. The fraction of sp³-hybridized carbons (Fsp3) is 0.625. The Balaban J connectivity index is 1.41. The molecule has 7 nitrogen and oxygen atoms in total. The molecule has 1 saturated heterocycles. The van der Waals surface area contributed by atoms with E-state index in [0.29, 0.717) is 24.2 Å². The summed E-state index contributed by atoms with van der Waals surface area (Å²) in [6, 6.07) is 0. The number of hydrogen-bond acceptors (Lipinski definition) is 5. The van der Waals surface area contributed by atoms with E-state index in [9.17, 15) is 4.79 Å². The smallest absolute Gasteiger partial charge is 0.231 e. The first kappa shape index (κ1) is 14.4. The summed E-state index contributed by atoms with van der Waals surface area (Å²) < 4.78 is 7.09. The van der Waals surface area contributed by atoms with E-state index in [-0.39, 0.29) is 17.7 Å². The average Bonchev–Trinajstić information content (AvgIpc) is 3.04. The summed E-state index contributed by atoms with van der Waals surface area (Å²) in [4.78, 5) is 19.1. The molecule has 1 aliphatic carbocycles. The molecule has 0 aromatic carbocycles. The van der Waals surface area contributed by atoms with Gasteiger partial charge in [0, 0.05) is 32.3 Å². The van der Waals surface area contributed by atoms with Crippen molar-refractivity contribution in [2.75, 3.05) is 13.1 Å². The lowest BCUT2D eigenvalue weighted by molar-refractivity contribution is -0.134. The Morgan fingerprint density at radius 2 is 2.30 bits per heavy atom. The van der Waals surface area contributed by atoms with Crippen LogP contribution in [-0.4, -0.2) is 43.8 Å². The van der Waals surface area contributed by atoms with E-state index < -0.39 is 0 Å². The SMILES string of the molecule is Cc1noc(C2CCCN(C(=O)C3CC3c3cnn(C)c3)C2)n1. The van der Waals surface area contributed by atoms with Crippen molar-refractivity contribution in [3.05, 3.63) is 29.7 Å². The first-order valence-corrected chi connectivity index (χ1v) is 8.19. The topological polar surface area (TPSA) is 77.0 Å². The molecule has 23 heavy (non-hydrogen) atoms. The van der Waals surface area contributed by atoms with Crippen LogP contribution in [0.3, 0.4) is 0 Å². The molecule has 2 fully saturated rings. The van der Waals surface area contributed by atoms with Gasteiger partial charge in [0.2, 0.25) is 11.8 Å². The van der Waals surface area contributed by atoms with Crippen LogP contribution in [0.15, 0.2) is 16.9 Å². The van der Waals surface area contributed by atoms with E-state index in [0.717, 1.165) is 25.8 Å². The first-order chi connectivity index (χ1) is 11.1. The van der Waals surface area contributed by atoms with Crippen LogP contribution in [-0.2, 0) is 11.8 Å². The van der Waals surface area contributed by atoms with Gasteiger partial charge in [-0.1, -0.05) is 5.16 Å². The van der Waals surface area contributed by atoms with Crippen molar-refractivity contribution in [3.8, 4) is 0 Å². The maximum atomic E-state index is 12.8. The Hall–Kier alpha value is -2.18. The van der Waals surface area contributed by atoms with Crippen molar-refractivity contribution >= 4 is 5.91 Å². The second kappa shape index (κ2) is 5.47. The van der Waals surface area contributed by atoms with Crippen molar-refractivity contribution in [1.82, 2.24) is 24.8 Å². The molecule has 4 rings (SSSR count). The Bertz CT molecular complexity index is 722. The summed E-state index contributed by atoms with van der Waals surface area (Å²) in [5, 5.41) is 8.07. The number of rotatable bonds is 3. The van der Waals surface area contributed by atoms with Gasteiger partial charge in [-0.25, -0.2) is 0 Å². The molecule has 3 atom stereocenters. The molecule has 2 aromatic rings. The van der Waals surface area contributed by atoms with Crippen LogP contribution in [0, 0.1) is 12.8 Å². The van der Waals surface area contributed by atoms with Crippen LogP contribution in [0.5, 0.6) is 0 Å². The van der Waals surface area contributed by atoms with Crippen LogP contribution < -0.4 is 0 Å². The van der Waals surface area contributed by atoms with Gasteiger partial charge in [0.1, 0.15) is 0 Å². The molecular weight excluding hydrogens is 294 g/mol. The molecule has 122 valence electrons. The molecule has 0 N–H and O–H groups in total. The zero-order valence-corrected chi connectivity index (χ0v) is 13.5. The molecule has 3 unspecified atom stereocenters. The van der Waals surface area contributed by atoms with Gasteiger partial charge in [-0.2, -0.15) is 10.1 Å². The summed E-state index contributed by atoms with van der Waals surface area (Å²) >= 11 is 0. The van der Waals surface area contributed by atoms with E-state index in [1.807, 2.05) is 31.3 Å². The molecule has 1 aliphatic heterocycles. The number of aromatic nitrogens is 4. The number of nitrogens with zero attached hydrogens (tertiary/aromatic N) is 5. The number of hydrogen-bond donors (Lipinski definition) is 0. The van der Waals surface area contributed by atoms with Crippen LogP contribution >= 0.6 is 0 Å². The minimum Gasteiger partial charge on any atom is -0.342 e. The second-order valence-corrected chi connectivity index (χ2v) is 6.70. The normalized spacial score (nSPS) is 27.2.